The summed E-state index contributed by atoms with van der Waals surface area (Å²) in [5.41, 5.74) is 1.06. The van der Waals surface area contributed by atoms with Crippen molar-refractivity contribution in [3.05, 3.63) is 29.8 Å². The van der Waals surface area contributed by atoms with Crippen molar-refractivity contribution in [2.75, 3.05) is 31.9 Å². The van der Waals surface area contributed by atoms with Crippen LogP contribution in [0.4, 0.5) is 0 Å². The third-order valence-corrected chi connectivity index (χ3v) is 8.03. The zero-order chi connectivity index (χ0) is 20.0. The second-order valence-electron chi connectivity index (χ2n) is 7.69. The van der Waals surface area contributed by atoms with Gasteiger partial charge in [-0.1, -0.05) is 31.4 Å². The topological polar surface area (TPSA) is 87.8 Å². The molecule has 1 spiro atoms. The normalized spacial score (nSPS) is 20.4. The molecule has 3 N–H and O–H groups in total. The lowest BCUT2D eigenvalue weighted by Gasteiger charge is -2.45. The summed E-state index contributed by atoms with van der Waals surface area (Å²) in [6.07, 6.45) is 7.49. The molecular weight excluding hydrogens is 392 g/mol. The molecule has 0 unspecified atom stereocenters. The van der Waals surface area contributed by atoms with E-state index in [0.717, 1.165) is 37.6 Å². The maximum atomic E-state index is 11.4. The van der Waals surface area contributed by atoms with Gasteiger partial charge >= 0.3 is 0 Å². The monoisotopic (exact) mass is 424 g/mol. The SMILES string of the molecule is CCNC(=NCCc1ccc(S(N)(=O)=O)cc1)N1CCSC2(CCCCC2)C1. The van der Waals surface area contributed by atoms with Crippen LogP contribution in [0.25, 0.3) is 0 Å². The first kappa shape index (κ1) is 21.5. The van der Waals surface area contributed by atoms with Crippen molar-refractivity contribution in [3.63, 3.8) is 0 Å². The zero-order valence-electron chi connectivity index (χ0n) is 16.7. The Labute approximate surface area is 173 Å². The lowest BCUT2D eigenvalue weighted by molar-refractivity contribution is 0.293. The molecule has 8 heteroatoms. The number of sulfonamides is 1. The molecule has 1 aromatic rings. The van der Waals surface area contributed by atoms with E-state index < -0.39 is 10.0 Å². The van der Waals surface area contributed by atoms with E-state index in [1.54, 1.807) is 12.1 Å². The number of primary sulfonamides is 1. The Morgan fingerprint density at radius 2 is 1.96 bits per heavy atom. The van der Waals surface area contributed by atoms with Crippen LogP contribution in [0.1, 0.15) is 44.6 Å². The predicted molar refractivity (Wildman–Crippen MR) is 117 cm³/mol. The van der Waals surface area contributed by atoms with Crippen LogP contribution in [0.2, 0.25) is 0 Å². The lowest BCUT2D eigenvalue weighted by atomic mass is 9.87. The minimum absolute atomic E-state index is 0.150. The maximum Gasteiger partial charge on any atom is 0.238 e. The van der Waals surface area contributed by atoms with Crippen molar-refractivity contribution in [2.45, 2.75) is 55.1 Å². The van der Waals surface area contributed by atoms with Gasteiger partial charge in [0.05, 0.1) is 4.90 Å². The molecule has 6 nitrogen and oxygen atoms in total. The van der Waals surface area contributed by atoms with Gasteiger partial charge in [0.25, 0.3) is 0 Å². The van der Waals surface area contributed by atoms with Crippen LogP contribution in [0.5, 0.6) is 0 Å². The Hall–Kier alpha value is -1.25. The molecule has 1 aliphatic heterocycles. The van der Waals surface area contributed by atoms with E-state index in [4.69, 9.17) is 10.1 Å². The number of rotatable bonds is 5. The highest BCUT2D eigenvalue weighted by Gasteiger charge is 2.38. The number of hydrogen-bond acceptors (Lipinski definition) is 4. The van der Waals surface area contributed by atoms with Gasteiger partial charge in [-0.15, -0.1) is 0 Å². The molecule has 0 bridgehead atoms. The summed E-state index contributed by atoms with van der Waals surface area (Å²) in [4.78, 5) is 7.45. The molecule has 2 fully saturated rings. The summed E-state index contributed by atoms with van der Waals surface area (Å²) in [5.74, 6) is 2.17. The van der Waals surface area contributed by atoms with Gasteiger partial charge in [-0.05, 0) is 43.9 Å². The van der Waals surface area contributed by atoms with Crippen LogP contribution in [0, 0.1) is 0 Å². The predicted octanol–water partition coefficient (Wildman–Crippen LogP) is 2.59. The first-order valence-electron chi connectivity index (χ1n) is 10.2. The second kappa shape index (κ2) is 9.50. The van der Waals surface area contributed by atoms with E-state index in [-0.39, 0.29) is 4.90 Å². The molecule has 0 aromatic heterocycles. The highest BCUT2D eigenvalue weighted by Crippen LogP contribution is 2.42. The van der Waals surface area contributed by atoms with Gasteiger partial charge in [0, 0.05) is 36.7 Å². The van der Waals surface area contributed by atoms with Crippen LogP contribution in [0.3, 0.4) is 0 Å². The Morgan fingerprint density at radius 3 is 2.61 bits per heavy atom. The average Bonchev–Trinajstić information content (AvgIpc) is 2.68. The standard InChI is InChI=1S/C20H32N4O2S2/c1-2-22-19(24-14-15-27-20(16-24)11-4-3-5-12-20)23-13-10-17-6-8-18(9-7-17)28(21,25)26/h6-9H,2-5,10-16H2,1H3,(H,22,23)(H2,21,25,26). The summed E-state index contributed by atoms with van der Waals surface area (Å²) in [5, 5.41) is 8.62. The van der Waals surface area contributed by atoms with Crippen molar-refractivity contribution in [3.8, 4) is 0 Å². The highest BCUT2D eigenvalue weighted by molar-refractivity contribution is 8.00. The summed E-state index contributed by atoms with van der Waals surface area (Å²) in [6, 6.07) is 6.76. The van der Waals surface area contributed by atoms with Crippen molar-refractivity contribution in [2.24, 2.45) is 10.1 Å². The van der Waals surface area contributed by atoms with Gasteiger partial charge in [0.2, 0.25) is 10.0 Å². The van der Waals surface area contributed by atoms with E-state index >= 15 is 0 Å². The number of nitrogens with one attached hydrogen (secondary N) is 1. The molecule has 2 aliphatic rings. The fourth-order valence-corrected chi connectivity index (χ4v) is 6.17. The Balaban J connectivity index is 1.62. The summed E-state index contributed by atoms with van der Waals surface area (Å²) < 4.78 is 23.1. The van der Waals surface area contributed by atoms with Crippen molar-refractivity contribution >= 4 is 27.7 Å². The van der Waals surface area contributed by atoms with E-state index in [1.807, 2.05) is 12.1 Å². The number of thioether (sulfide) groups is 1. The molecule has 1 saturated carbocycles. The molecule has 0 amide bonds. The lowest BCUT2D eigenvalue weighted by Crippen LogP contribution is -2.53. The van der Waals surface area contributed by atoms with Crippen LogP contribution in [-0.2, 0) is 16.4 Å². The molecule has 156 valence electrons. The zero-order valence-corrected chi connectivity index (χ0v) is 18.3. The number of guanidine groups is 1. The van der Waals surface area contributed by atoms with Crippen LogP contribution in [-0.4, -0.2) is 56.0 Å². The van der Waals surface area contributed by atoms with Gasteiger partial charge in [-0.3, -0.25) is 4.99 Å². The van der Waals surface area contributed by atoms with Gasteiger partial charge < -0.3 is 10.2 Å². The summed E-state index contributed by atoms with van der Waals surface area (Å²) in [6.45, 7) is 5.77. The first-order chi connectivity index (χ1) is 13.4. The maximum absolute atomic E-state index is 11.4. The first-order valence-corrected chi connectivity index (χ1v) is 12.7. The van der Waals surface area contributed by atoms with Crippen LogP contribution >= 0.6 is 11.8 Å². The minimum Gasteiger partial charge on any atom is -0.357 e. The molecule has 28 heavy (non-hydrogen) atoms. The number of aliphatic imine (C=N–C) groups is 1. The molecule has 1 saturated heterocycles. The van der Waals surface area contributed by atoms with Gasteiger partial charge in [0.15, 0.2) is 5.96 Å². The molecule has 0 radical (unpaired) electrons. The fraction of sp³-hybridized carbons (Fsp3) is 0.650. The molecule has 1 aliphatic carbocycles. The van der Waals surface area contributed by atoms with E-state index in [9.17, 15) is 8.42 Å². The fourth-order valence-electron chi connectivity index (χ4n) is 4.09. The third-order valence-electron chi connectivity index (χ3n) is 5.56. The number of benzene rings is 1. The van der Waals surface area contributed by atoms with Crippen molar-refractivity contribution in [1.82, 2.24) is 10.2 Å². The van der Waals surface area contributed by atoms with Crippen LogP contribution < -0.4 is 10.5 Å². The summed E-state index contributed by atoms with van der Waals surface area (Å²) in [7, 11) is -3.64. The largest absolute Gasteiger partial charge is 0.357 e. The molecule has 0 atom stereocenters. The Kier molecular flexibility index (Phi) is 7.28. The third kappa shape index (κ3) is 5.64. The smallest absolute Gasteiger partial charge is 0.238 e. The number of nitrogens with zero attached hydrogens (tertiary/aromatic N) is 2. The second-order valence-corrected chi connectivity index (χ2v) is 10.8. The number of nitrogens with two attached hydrogens (primary N) is 1. The Morgan fingerprint density at radius 1 is 1.25 bits per heavy atom. The summed E-state index contributed by atoms with van der Waals surface area (Å²) >= 11 is 2.17. The van der Waals surface area contributed by atoms with Crippen molar-refractivity contribution < 1.29 is 8.42 Å². The van der Waals surface area contributed by atoms with E-state index in [2.05, 4.69) is 28.9 Å². The molecule has 1 aromatic carbocycles. The molecular formula is C20H32N4O2S2. The number of hydrogen-bond donors (Lipinski definition) is 2. The molecule has 1 heterocycles. The highest BCUT2D eigenvalue weighted by atomic mass is 32.2. The van der Waals surface area contributed by atoms with E-state index in [1.165, 1.54) is 37.9 Å². The quantitative estimate of drug-likeness (QED) is 0.560. The molecule has 3 rings (SSSR count). The average molecular weight is 425 g/mol. The van der Waals surface area contributed by atoms with Gasteiger partial charge in [0.1, 0.15) is 0 Å². The van der Waals surface area contributed by atoms with Gasteiger partial charge in [-0.25, -0.2) is 13.6 Å². The van der Waals surface area contributed by atoms with Crippen molar-refractivity contribution in [1.29, 1.82) is 0 Å². The van der Waals surface area contributed by atoms with Gasteiger partial charge in [-0.2, -0.15) is 11.8 Å². The Bertz CT molecular complexity index is 766. The van der Waals surface area contributed by atoms with E-state index in [0.29, 0.717) is 11.3 Å². The minimum atomic E-state index is -3.64. The van der Waals surface area contributed by atoms with Crippen LogP contribution in [0.15, 0.2) is 34.2 Å².